The van der Waals surface area contributed by atoms with Crippen molar-refractivity contribution in [3.8, 4) is 0 Å². The van der Waals surface area contributed by atoms with Crippen molar-refractivity contribution < 1.29 is 9.59 Å². The fourth-order valence-electron chi connectivity index (χ4n) is 1.34. The molecule has 6 nitrogen and oxygen atoms in total. The summed E-state index contributed by atoms with van der Waals surface area (Å²) in [5.74, 6) is -0.248. The van der Waals surface area contributed by atoms with E-state index >= 15 is 0 Å². The van der Waals surface area contributed by atoms with E-state index in [-0.39, 0.29) is 18.4 Å². The van der Waals surface area contributed by atoms with Crippen molar-refractivity contribution in [1.82, 2.24) is 10.2 Å². The molecule has 1 aromatic carbocycles. The molecule has 0 bridgehead atoms. The Bertz CT molecular complexity index is 457. The van der Waals surface area contributed by atoms with Crippen LogP contribution in [-0.4, -0.2) is 44.4 Å². The Hall–Kier alpha value is -2.24. The summed E-state index contributed by atoms with van der Waals surface area (Å²) in [6, 6.07) is 4.90. The maximum atomic E-state index is 11.4. The Balaban J connectivity index is 2.74. The number of anilines is 2. The monoisotopic (exact) mass is 250 g/mol. The Morgan fingerprint density at radius 1 is 1.33 bits per heavy atom. The van der Waals surface area contributed by atoms with Gasteiger partial charge in [0.1, 0.15) is 0 Å². The molecule has 0 spiro atoms. The molecule has 0 fully saturated rings. The predicted molar refractivity (Wildman–Crippen MR) is 71.4 cm³/mol. The highest BCUT2D eigenvalue weighted by atomic mass is 16.2. The largest absolute Gasteiger partial charge is 0.397 e. The van der Waals surface area contributed by atoms with E-state index in [9.17, 15) is 9.59 Å². The first-order chi connectivity index (χ1) is 8.45. The van der Waals surface area contributed by atoms with Gasteiger partial charge in [0, 0.05) is 26.7 Å². The molecule has 1 rings (SSSR count). The second-order valence-corrected chi connectivity index (χ2v) is 4.02. The van der Waals surface area contributed by atoms with Crippen molar-refractivity contribution in [2.24, 2.45) is 0 Å². The molecule has 0 aromatic heterocycles. The Labute approximate surface area is 106 Å². The summed E-state index contributed by atoms with van der Waals surface area (Å²) in [6.45, 7) is 0.163. The second-order valence-electron chi connectivity index (χ2n) is 4.02. The number of nitrogens with two attached hydrogens (primary N) is 1. The zero-order valence-corrected chi connectivity index (χ0v) is 10.8. The average Bonchev–Trinajstić information content (AvgIpc) is 2.35. The van der Waals surface area contributed by atoms with Crippen LogP contribution in [0.15, 0.2) is 18.2 Å². The van der Waals surface area contributed by atoms with Crippen LogP contribution >= 0.6 is 0 Å². The lowest BCUT2D eigenvalue weighted by Crippen LogP contribution is -2.28. The minimum atomic E-state index is -0.197. The third-order valence-electron chi connectivity index (χ3n) is 2.47. The molecule has 0 heterocycles. The standard InChI is InChI=1S/C12H18N4O2/c1-14-12(18)8-4-5-10(9(13)6-8)15-7-11(17)16(2)3/h4-6,15H,7,13H2,1-3H3,(H,14,18). The fourth-order valence-corrected chi connectivity index (χ4v) is 1.34. The highest BCUT2D eigenvalue weighted by Crippen LogP contribution is 2.19. The van der Waals surface area contributed by atoms with Gasteiger partial charge in [0.15, 0.2) is 0 Å². The van der Waals surface area contributed by atoms with Crippen molar-refractivity contribution in [3.63, 3.8) is 0 Å². The summed E-state index contributed by atoms with van der Waals surface area (Å²) in [5.41, 5.74) is 7.36. The summed E-state index contributed by atoms with van der Waals surface area (Å²) in [5, 5.41) is 5.45. The van der Waals surface area contributed by atoms with E-state index in [2.05, 4.69) is 10.6 Å². The molecule has 2 amide bonds. The van der Waals surface area contributed by atoms with Gasteiger partial charge in [0.25, 0.3) is 5.91 Å². The van der Waals surface area contributed by atoms with E-state index in [1.54, 1.807) is 39.3 Å². The van der Waals surface area contributed by atoms with Crippen LogP contribution in [0.4, 0.5) is 11.4 Å². The van der Waals surface area contributed by atoms with Gasteiger partial charge < -0.3 is 21.3 Å². The van der Waals surface area contributed by atoms with Crippen LogP contribution in [-0.2, 0) is 4.79 Å². The van der Waals surface area contributed by atoms with Gasteiger partial charge in [0.05, 0.1) is 17.9 Å². The fraction of sp³-hybridized carbons (Fsp3) is 0.333. The number of nitrogens with zero attached hydrogens (tertiary/aromatic N) is 1. The third kappa shape index (κ3) is 3.38. The van der Waals surface area contributed by atoms with Gasteiger partial charge in [-0.25, -0.2) is 0 Å². The van der Waals surface area contributed by atoms with Crippen LogP contribution in [0, 0.1) is 0 Å². The van der Waals surface area contributed by atoms with Crippen LogP contribution in [0.25, 0.3) is 0 Å². The number of hydrogen-bond donors (Lipinski definition) is 3. The van der Waals surface area contributed by atoms with Crippen molar-refractivity contribution in [2.75, 3.05) is 38.7 Å². The average molecular weight is 250 g/mol. The number of carbonyl (C=O) groups is 2. The molecule has 4 N–H and O–H groups in total. The molecule has 0 unspecified atom stereocenters. The first-order valence-electron chi connectivity index (χ1n) is 5.51. The summed E-state index contributed by atoms with van der Waals surface area (Å²) < 4.78 is 0. The van der Waals surface area contributed by atoms with Crippen molar-refractivity contribution in [2.45, 2.75) is 0 Å². The van der Waals surface area contributed by atoms with Gasteiger partial charge >= 0.3 is 0 Å². The van der Waals surface area contributed by atoms with Crippen LogP contribution in [0.3, 0.4) is 0 Å². The zero-order chi connectivity index (χ0) is 13.7. The highest BCUT2D eigenvalue weighted by Gasteiger charge is 2.08. The summed E-state index contributed by atoms with van der Waals surface area (Å²) in [4.78, 5) is 24.3. The van der Waals surface area contributed by atoms with E-state index in [1.807, 2.05) is 0 Å². The number of rotatable bonds is 4. The predicted octanol–water partition coefficient (Wildman–Crippen LogP) is 0.129. The van der Waals surface area contributed by atoms with Crippen LogP contribution < -0.4 is 16.4 Å². The molecule has 0 aliphatic heterocycles. The van der Waals surface area contributed by atoms with Crippen LogP contribution in [0.5, 0.6) is 0 Å². The lowest BCUT2D eigenvalue weighted by molar-refractivity contribution is -0.126. The second kappa shape index (κ2) is 5.90. The van der Waals surface area contributed by atoms with Crippen molar-refractivity contribution >= 4 is 23.2 Å². The molecule has 6 heteroatoms. The SMILES string of the molecule is CNC(=O)c1ccc(NCC(=O)N(C)C)c(N)c1. The topological polar surface area (TPSA) is 87.5 Å². The van der Waals surface area contributed by atoms with E-state index in [4.69, 9.17) is 5.73 Å². The molecule has 0 atom stereocenters. The van der Waals surface area contributed by atoms with Gasteiger partial charge in [-0.05, 0) is 18.2 Å². The minimum Gasteiger partial charge on any atom is -0.397 e. The van der Waals surface area contributed by atoms with Gasteiger partial charge in [-0.15, -0.1) is 0 Å². The lowest BCUT2D eigenvalue weighted by atomic mass is 10.1. The van der Waals surface area contributed by atoms with Crippen molar-refractivity contribution in [1.29, 1.82) is 0 Å². The number of likely N-dealkylation sites (N-methyl/N-ethyl adjacent to an activating group) is 1. The molecule has 18 heavy (non-hydrogen) atoms. The van der Waals surface area contributed by atoms with E-state index < -0.39 is 0 Å². The number of hydrogen-bond acceptors (Lipinski definition) is 4. The Kier molecular flexibility index (Phi) is 4.53. The highest BCUT2D eigenvalue weighted by molar-refractivity contribution is 5.96. The first kappa shape index (κ1) is 13.8. The number of benzene rings is 1. The van der Waals surface area contributed by atoms with E-state index in [1.165, 1.54) is 4.90 Å². The molecular formula is C12H18N4O2. The van der Waals surface area contributed by atoms with Crippen LogP contribution in [0.2, 0.25) is 0 Å². The summed E-state index contributed by atoms with van der Waals surface area (Å²) in [7, 11) is 4.92. The first-order valence-corrected chi connectivity index (χ1v) is 5.51. The summed E-state index contributed by atoms with van der Waals surface area (Å²) in [6.07, 6.45) is 0. The zero-order valence-electron chi connectivity index (χ0n) is 10.8. The van der Waals surface area contributed by atoms with Gasteiger partial charge in [-0.3, -0.25) is 9.59 Å². The van der Waals surface area contributed by atoms with Crippen molar-refractivity contribution in [3.05, 3.63) is 23.8 Å². The quantitative estimate of drug-likeness (QED) is 0.663. The molecular weight excluding hydrogens is 232 g/mol. The molecule has 0 aliphatic rings. The number of amides is 2. The van der Waals surface area contributed by atoms with Gasteiger partial charge in [-0.1, -0.05) is 0 Å². The number of carbonyl (C=O) groups excluding carboxylic acids is 2. The minimum absolute atomic E-state index is 0.0511. The van der Waals surface area contributed by atoms with Gasteiger partial charge in [-0.2, -0.15) is 0 Å². The van der Waals surface area contributed by atoms with E-state index in [0.29, 0.717) is 16.9 Å². The Morgan fingerprint density at radius 3 is 2.50 bits per heavy atom. The molecule has 0 aliphatic carbocycles. The maximum absolute atomic E-state index is 11.4. The molecule has 0 saturated heterocycles. The van der Waals surface area contributed by atoms with Crippen LogP contribution in [0.1, 0.15) is 10.4 Å². The molecule has 98 valence electrons. The molecule has 0 saturated carbocycles. The summed E-state index contributed by atoms with van der Waals surface area (Å²) >= 11 is 0. The molecule has 1 aromatic rings. The Morgan fingerprint density at radius 2 is 2.00 bits per heavy atom. The van der Waals surface area contributed by atoms with E-state index in [0.717, 1.165) is 0 Å². The lowest BCUT2D eigenvalue weighted by Gasteiger charge is -2.13. The number of nitrogens with one attached hydrogen (secondary N) is 2. The third-order valence-corrected chi connectivity index (χ3v) is 2.47. The normalized spacial score (nSPS) is 9.72. The maximum Gasteiger partial charge on any atom is 0.251 e. The van der Waals surface area contributed by atoms with Gasteiger partial charge in [0.2, 0.25) is 5.91 Å². The molecule has 0 radical (unpaired) electrons. The number of nitrogen functional groups attached to an aromatic ring is 1. The smallest absolute Gasteiger partial charge is 0.251 e.